The van der Waals surface area contributed by atoms with Gasteiger partial charge >= 0.3 is 18.1 Å². The van der Waals surface area contributed by atoms with Crippen LogP contribution in [0.25, 0.3) is 5.57 Å². The lowest BCUT2D eigenvalue weighted by Gasteiger charge is -2.15. The Morgan fingerprint density at radius 1 is 1.17 bits per heavy atom. The minimum Gasteiger partial charge on any atom is -0.466 e. The Labute approximate surface area is 131 Å². The zero-order valence-corrected chi connectivity index (χ0v) is 12.7. The molecule has 1 unspecified atom stereocenters. The van der Waals surface area contributed by atoms with E-state index in [1.54, 1.807) is 13.0 Å². The Kier molecular flexibility index (Phi) is 6.81. The molecule has 0 heterocycles. The number of halogens is 3. The molecule has 0 N–H and O–H groups in total. The Hall–Kier alpha value is -2.31. The maximum atomic E-state index is 13.1. The van der Waals surface area contributed by atoms with Gasteiger partial charge in [0, 0.05) is 0 Å². The second-order valence-electron chi connectivity index (χ2n) is 4.62. The van der Waals surface area contributed by atoms with Crippen molar-refractivity contribution in [3.63, 3.8) is 0 Å². The normalized spacial score (nSPS) is 13.3. The predicted molar refractivity (Wildman–Crippen MR) is 77.3 cm³/mol. The van der Waals surface area contributed by atoms with Crippen LogP contribution >= 0.6 is 0 Å². The molecular formula is C16H17F3O4. The molecule has 0 aromatic heterocycles. The molecule has 126 valence electrons. The monoisotopic (exact) mass is 330 g/mol. The molecule has 0 spiro atoms. The smallest absolute Gasteiger partial charge is 0.416 e. The highest BCUT2D eigenvalue weighted by atomic mass is 19.4. The predicted octanol–water partition coefficient (Wildman–Crippen LogP) is 3.52. The van der Waals surface area contributed by atoms with Crippen LogP contribution in [0.5, 0.6) is 0 Å². The van der Waals surface area contributed by atoms with E-state index in [0.29, 0.717) is 0 Å². The maximum Gasteiger partial charge on any atom is 0.416 e. The summed E-state index contributed by atoms with van der Waals surface area (Å²) in [5, 5.41) is 0. The molecule has 1 aromatic rings. The number of hydrogen-bond donors (Lipinski definition) is 0. The van der Waals surface area contributed by atoms with Crippen molar-refractivity contribution in [1.82, 2.24) is 0 Å². The van der Waals surface area contributed by atoms with Crippen LogP contribution in [-0.4, -0.2) is 30.8 Å². The summed E-state index contributed by atoms with van der Waals surface area (Å²) in [5.41, 5.74) is -0.942. The minimum absolute atomic E-state index is 0.0340. The fraction of sp³-hybridized carbons (Fsp3) is 0.375. The largest absolute Gasteiger partial charge is 0.466 e. The number of esters is 2. The topological polar surface area (TPSA) is 52.6 Å². The van der Waals surface area contributed by atoms with Gasteiger partial charge in [0.1, 0.15) is 12.5 Å². The third-order valence-electron chi connectivity index (χ3n) is 2.70. The first-order valence-electron chi connectivity index (χ1n) is 6.93. The van der Waals surface area contributed by atoms with Crippen LogP contribution in [0.4, 0.5) is 13.2 Å². The first kappa shape index (κ1) is 18.7. The van der Waals surface area contributed by atoms with Crippen molar-refractivity contribution >= 4 is 17.5 Å². The number of hydrogen-bond acceptors (Lipinski definition) is 4. The Balaban J connectivity index is 2.83. The van der Waals surface area contributed by atoms with Gasteiger partial charge in [-0.25, -0.2) is 0 Å². The van der Waals surface area contributed by atoms with E-state index in [2.05, 4.69) is 4.74 Å². The maximum absolute atomic E-state index is 13.1. The molecule has 1 rings (SSSR count). The lowest BCUT2D eigenvalue weighted by atomic mass is 10.0. The zero-order valence-electron chi connectivity index (χ0n) is 12.7. The molecule has 0 fully saturated rings. The molecule has 7 heteroatoms. The summed E-state index contributed by atoms with van der Waals surface area (Å²) < 4.78 is 48.8. The summed E-state index contributed by atoms with van der Waals surface area (Å²) in [6.07, 6.45) is -5.57. The summed E-state index contributed by atoms with van der Waals surface area (Å²) in [6, 6.07) is 7.18. The SMILES string of the molecule is CCOC(=O)CC(=O)OC(C)/C=C(\c1ccccc1)C(F)(F)F. The number of rotatable bonds is 6. The molecule has 23 heavy (non-hydrogen) atoms. The molecule has 0 aliphatic heterocycles. The van der Waals surface area contributed by atoms with Crippen molar-refractivity contribution in [3.8, 4) is 0 Å². The average Bonchev–Trinajstić information content (AvgIpc) is 2.44. The lowest BCUT2D eigenvalue weighted by Crippen LogP contribution is -2.20. The highest BCUT2D eigenvalue weighted by molar-refractivity contribution is 5.91. The summed E-state index contributed by atoms with van der Waals surface area (Å²) in [6.45, 7) is 2.97. The summed E-state index contributed by atoms with van der Waals surface area (Å²) in [5.74, 6) is -1.73. The van der Waals surface area contributed by atoms with Crippen LogP contribution in [0.2, 0.25) is 0 Å². The van der Waals surface area contributed by atoms with Gasteiger partial charge in [0.25, 0.3) is 0 Å². The van der Waals surface area contributed by atoms with E-state index in [1.165, 1.54) is 31.2 Å². The van der Waals surface area contributed by atoms with Crippen molar-refractivity contribution in [2.75, 3.05) is 6.61 Å². The molecule has 0 aliphatic carbocycles. The summed E-state index contributed by atoms with van der Waals surface area (Å²) in [4.78, 5) is 22.6. The highest BCUT2D eigenvalue weighted by Gasteiger charge is 2.35. The van der Waals surface area contributed by atoms with Gasteiger partial charge in [0.15, 0.2) is 0 Å². The molecule has 4 nitrogen and oxygen atoms in total. The standard InChI is InChI=1S/C16H17F3O4/c1-3-22-14(20)10-15(21)23-11(2)9-13(16(17,18)19)12-7-5-4-6-8-12/h4-9,11H,3,10H2,1-2H3/b13-9+. The molecule has 0 saturated heterocycles. The van der Waals surface area contributed by atoms with Crippen LogP contribution in [-0.2, 0) is 19.1 Å². The van der Waals surface area contributed by atoms with E-state index in [9.17, 15) is 22.8 Å². The molecule has 0 bridgehead atoms. The average molecular weight is 330 g/mol. The van der Waals surface area contributed by atoms with Crippen molar-refractivity contribution in [2.24, 2.45) is 0 Å². The third-order valence-corrected chi connectivity index (χ3v) is 2.70. The fourth-order valence-corrected chi connectivity index (χ4v) is 1.82. The molecule has 0 saturated carbocycles. The van der Waals surface area contributed by atoms with Crippen LogP contribution in [0.1, 0.15) is 25.8 Å². The Morgan fingerprint density at radius 3 is 2.30 bits per heavy atom. The second kappa shape index (κ2) is 8.36. The van der Waals surface area contributed by atoms with Gasteiger partial charge in [-0.1, -0.05) is 30.3 Å². The molecule has 0 radical (unpaired) electrons. The zero-order chi connectivity index (χ0) is 17.5. The third kappa shape index (κ3) is 6.54. The van der Waals surface area contributed by atoms with Crippen LogP contribution in [0.15, 0.2) is 36.4 Å². The van der Waals surface area contributed by atoms with Gasteiger partial charge in [-0.3, -0.25) is 9.59 Å². The van der Waals surface area contributed by atoms with Crippen molar-refractivity contribution in [3.05, 3.63) is 42.0 Å². The quantitative estimate of drug-likeness (QED) is 0.591. The van der Waals surface area contributed by atoms with Crippen molar-refractivity contribution < 1.29 is 32.2 Å². The Morgan fingerprint density at radius 2 is 1.78 bits per heavy atom. The molecular weight excluding hydrogens is 313 g/mol. The van der Waals surface area contributed by atoms with Crippen LogP contribution in [0, 0.1) is 0 Å². The molecule has 0 aliphatic rings. The van der Waals surface area contributed by atoms with Crippen LogP contribution < -0.4 is 0 Å². The van der Waals surface area contributed by atoms with E-state index < -0.39 is 36.2 Å². The molecule has 0 amide bonds. The number of carbonyl (C=O) groups excluding carboxylic acids is 2. The number of benzene rings is 1. The fourth-order valence-electron chi connectivity index (χ4n) is 1.82. The van der Waals surface area contributed by atoms with Gasteiger partial charge in [-0.15, -0.1) is 0 Å². The van der Waals surface area contributed by atoms with Gasteiger partial charge in [0.2, 0.25) is 0 Å². The van der Waals surface area contributed by atoms with E-state index in [1.807, 2.05) is 0 Å². The number of allylic oxidation sites excluding steroid dienone is 1. The van der Waals surface area contributed by atoms with Gasteiger partial charge in [-0.2, -0.15) is 13.2 Å². The number of alkyl halides is 3. The van der Waals surface area contributed by atoms with Crippen molar-refractivity contribution in [2.45, 2.75) is 32.5 Å². The first-order valence-corrected chi connectivity index (χ1v) is 6.93. The highest BCUT2D eigenvalue weighted by Crippen LogP contribution is 2.34. The minimum atomic E-state index is -4.59. The van der Waals surface area contributed by atoms with E-state index in [-0.39, 0.29) is 12.2 Å². The van der Waals surface area contributed by atoms with E-state index in [4.69, 9.17) is 4.74 Å². The van der Waals surface area contributed by atoms with E-state index >= 15 is 0 Å². The Bertz CT molecular complexity index is 564. The molecule has 1 aromatic carbocycles. The number of carbonyl (C=O) groups is 2. The van der Waals surface area contributed by atoms with E-state index in [0.717, 1.165) is 6.08 Å². The van der Waals surface area contributed by atoms with Crippen LogP contribution in [0.3, 0.4) is 0 Å². The first-order chi connectivity index (χ1) is 10.7. The summed E-state index contributed by atoms with van der Waals surface area (Å²) >= 11 is 0. The lowest BCUT2D eigenvalue weighted by molar-refractivity contribution is -0.155. The summed E-state index contributed by atoms with van der Waals surface area (Å²) in [7, 11) is 0. The molecule has 1 atom stereocenters. The number of ether oxygens (including phenoxy) is 2. The second-order valence-corrected chi connectivity index (χ2v) is 4.62. The van der Waals surface area contributed by atoms with Gasteiger partial charge in [0.05, 0.1) is 12.2 Å². The van der Waals surface area contributed by atoms with Gasteiger partial charge < -0.3 is 9.47 Å². The van der Waals surface area contributed by atoms with Gasteiger partial charge in [-0.05, 0) is 25.5 Å². The van der Waals surface area contributed by atoms with Crippen molar-refractivity contribution in [1.29, 1.82) is 0 Å².